The third kappa shape index (κ3) is 3.27. The van der Waals surface area contributed by atoms with Crippen LogP contribution in [0.4, 0.5) is 13.2 Å². The summed E-state index contributed by atoms with van der Waals surface area (Å²) in [5, 5.41) is 0. The number of aromatic nitrogens is 1. The molecule has 1 heterocycles. The Labute approximate surface area is 137 Å². The average Bonchev–Trinajstić information content (AvgIpc) is 2.54. The minimum atomic E-state index is -4.42. The monoisotopic (exact) mass is 335 g/mol. The molecule has 3 nitrogen and oxygen atoms in total. The lowest BCUT2D eigenvalue weighted by atomic mass is 9.89. The van der Waals surface area contributed by atoms with Crippen LogP contribution in [0.2, 0.25) is 0 Å². The van der Waals surface area contributed by atoms with Crippen LogP contribution >= 0.6 is 0 Å². The summed E-state index contributed by atoms with van der Waals surface area (Å²) < 4.78 is 44.1. The van der Waals surface area contributed by atoms with Crippen molar-refractivity contribution in [3.63, 3.8) is 0 Å². The number of carbonyl (C=O) groups is 1. The lowest BCUT2D eigenvalue weighted by molar-refractivity contribution is -0.137. The molecule has 0 saturated carbocycles. The van der Waals surface area contributed by atoms with E-state index in [2.05, 4.69) is 4.98 Å². The Bertz CT molecular complexity index is 784. The zero-order valence-corrected chi connectivity index (χ0v) is 13.1. The highest BCUT2D eigenvalue weighted by molar-refractivity contribution is 5.94. The fourth-order valence-corrected chi connectivity index (χ4v) is 2.97. The Kier molecular flexibility index (Phi) is 4.30. The summed E-state index contributed by atoms with van der Waals surface area (Å²) in [7, 11) is 0. The van der Waals surface area contributed by atoms with Crippen molar-refractivity contribution in [2.45, 2.75) is 38.8 Å². The molecule has 0 amide bonds. The Morgan fingerprint density at radius 1 is 1.17 bits per heavy atom. The first kappa shape index (κ1) is 16.5. The number of halogens is 3. The molecule has 0 saturated heterocycles. The topological polar surface area (TPSA) is 39.2 Å². The van der Waals surface area contributed by atoms with Crippen LogP contribution in [0.25, 0.3) is 0 Å². The molecule has 0 N–H and O–H groups in total. The van der Waals surface area contributed by atoms with Crippen molar-refractivity contribution in [1.82, 2.24) is 4.98 Å². The lowest BCUT2D eigenvalue weighted by Crippen LogP contribution is -2.12. The molecule has 0 bridgehead atoms. The lowest BCUT2D eigenvalue weighted by Gasteiger charge is -2.21. The second-order valence-corrected chi connectivity index (χ2v) is 5.82. The highest BCUT2D eigenvalue weighted by atomic mass is 19.4. The molecule has 0 unspecified atom stereocenters. The van der Waals surface area contributed by atoms with E-state index in [1.165, 1.54) is 25.3 Å². The fourth-order valence-electron chi connectivity index (χ4n) is 2.97. The largest absolute Gasteiger partial charge is 0.455 e. The van der Waals surface area contributed by atoms with Gasteiger partial charge in [0, 0.05) is 12.5 Å². The summed E-state index contributed by atoms with van der Waals surface area (Å²) in [5.74, 6) is 0.419. The molecule has 3 rings (SSSR count). The second kappa shape index (κ2) is 6.26. The van der Waals surface area contributed by atoms with Crippen molar-refractivity contribution < 1.29 is 22.7 Å². The molecule has 2 aromatic rings. The zero-order chi connectivity index (χ0) is 17.3. The van der Waals surface area contributed by atoms with E-state index >= 15 is 0 Å². The summed E-state index contributed by atoms with van der Waals surface area (Å²) >= 11 is 0. The third-order valence-corrected chi connectivity index (χ3v) is 4.08. The first-order chi connectivity index (χ1) is 11.4. The van der Waals surface area contributed by atoms with Crippen LogP contribution in [-0.2, 0) is 19.0 Å². The Morgan fingerprint density at radius 2 is 1.88 bits per heavy atom. The van der Waals surface area contributed by atoms with E-state index in [-0.39, 0.29) is 11.5 Å². The van der Waals surface area contributed by atoms with Gasteiger partial charge in [-0.1, -0.05) is 6.07 Å². The van der Waals surface area contributed by atoms with E-state index in [1.54, 1.807) is 0 Å². The van der Waals surface area contributed by atoms with Crippen molar-refractivity contribution in [2.75, 3.05) is 0 Å². The smallest absolute Gasteiger partial charge is 0.416 e. The van der Waals surface area contributed by atoms with Gasteiger partial charge in [-0.3, -0.25) is 4.79 Å². The number of ether oxygens (including phenoxy) is 1. The summed E-state index contributed by atoms with van der Waals surface area (Å²) in [6, 6.07) is 4.75. The fraction of sp³-hybridized carbons (Fsp3) is 0.333. The maximum absolute atomic E-state index is 12.8. The number of benzene rings is 1. The third-order valence-electron chi connectivity index (χ3n) is 4.08. The number of Topliss-reactive ketones (excluding diaryl/α,β-unsaturated/α-hetero) is 1. The molecule has 1 aromatic heterocycles. The van der Waals surface area contributed by atoms with E-state index in [0.29, 0.717) is 11.4 Å². The van der Waals surface area contributed by atoms with Crippen molar-refractivity contribution >= 4 is 5.78 Å². The highest BCUT2D eigenvalue weighted by Crippen LogP contribution is 2.36. The molecule has 0 atom stereocenters. The maximum Gasteiger partial charge on any atom is 0.416 e. The van der Waals surface area contributed by atoms with Gasteiger partial charge < -0.3 is 4.74 Å². The van der Waals surface area contributed by atoms with Crippen molar-refractivity contribution in [3.8, 4) is 11.5 Å². The van der Waals surface area contributed by atoms with Gasteiger partial charge in [0.2, 0.25) is 0 Å². The van der Waals surface area contributed by atoms with E-state index in [9.17, 15) is 18.0 Å². The van der Waals surface area contributed by atoms with Gasteiger partial charge in [-0.05, 0) is 49.4 Å². The second-order valence-electron chi connectivity index (χ2n) is 5.82. The molecular formula is C18H16F3NO2. The van der Waals surface area contributed by atoms with E-state index in [1.807, 2.05) is 0 Å². The maximum atomic E-state index is 12.8. The number of hydrogen-bond acceptors (Lipinski definition) is 3. The number of hydrogen-bond donors (Lipinski definition) is 0. The molecule has 0 radical (unpaired) electrons. The van der Waals surface area contributed by atoms with Crippen LogP contribution in [0.3, 0.4) is 0 Å². The standard InChI is InChI=1S/C18H16F3NO2/c1-11(23)17-15-8-3-2-7-14(15)16(10-22-17)24-13-6-4-5-12(9-13)18(19,20)21/h4-6,9-10H,2-3,7-8H2,1H3. The van der Waals surface area contributed by atoms with Gasteiger partial charge in [-0.25, -0.2) is 4.98 Å². The zero-order valence-electron chi connectivity index (χ0n) is 13.1. The number of alkyl halides is 3. The van der Waals surface area contributed by atoms with Crippen molar-refractivity contribution in [3.05, 3.63) is 52.8 Å². The Morgan fingerprint density at radius 3 is 2.54 bits per heavy atom. The first-order valence-corrected chi connectivity index (χ1v) is 7.73. The Balaban J connectivity index is 1.98. The summed E-state index contributed by atoms with van der Waals surface area (Å²) in [4.78, 5) is 15.9. The van der Waals surface area contributed by atoms with Crippen molar-refractivity contribution in [1.29, 1.82) is 0 Å². The van der Waals surface area contributed by atoms with Gasteiger partial charge in [-0.2, -0.15) is 13.2 Å². The van der Waals surface area contributed by atoms with Gasteiger partial charge in [0.25, 0.3) is 0 Å². The van der Waals surface area contributed by atoms with Crippen LogP contribution in [0, 0.1) is 0 Å². The van der Waals surface area contributed by atoms with Crippen molar-refractivity contribution in [2.24, 2.45) is 0 Å². The molecule has 126 valence electrons. The minimum Gasteiger partial charge on any atom is -0.455 e. The van der Waals surface area contributed by atoms with Gasteiger partial charge >= 0.3 is 6.18 Å². The predicted octanol–water partition coefficient (Wildman–Crippen LogP) is 4.97. The predicted molar refractivity (Wildman–Crippen MR) is 82.4 cm³/mol. The number of ketones is 1. The average molecular weight is 335 g/mol. The van der Waals surface area contributed by atoms with E-state index < -0.39 is 11.7 Å². The van der Waals surface area contributed by atoms with Crippen LogP contribution in [0.5, 0.6) is 11.5 Å². The quantitative estimate of drug-likeness (QED) is 0.743. The summed E-state index contributed by atoms with van der Waals surface area (Å²) in [6.45, 7) is 1.46. The summed E-state index contributed by atoms with van der Waals surface area (Å²) in [6.07, 6.45) is 0.384. The molecule has 24 heavy (non-hydrogen) atoms. The normalized spacial score (nSPS) is 14.2. The van der Waals surface area contributed by atoms with Crippen LogP contribution < -0.4 is 4.74 Å². The molecule has 0 fully saturated rings. The van der Waals surface area contributed by atoms with Gasteiger partial charge in [0.1, 0.15) is 17.2 Å². The van der Waals surface area contributed by atoms with Gasteiger partial charge in [0.15, 0.2) is 5.78 Å². The molecule has 6 heteroatoms. The minimum absolute atomic E-state index is 0.106. The van der Waals surface area contributed by atoms with Gasteiger partial charge in [0.05, 0.1) is 11.8 Å². The number of rotatable bonds is 3. The first-order valence-electron chi connectivity index (χ1n) is 7.73. The van der Waals surface area contributed by atoms with Crippen LogP contribution in [-0.4, -0.2) is 10.8 Å². The number of carbonyl (C=O) groups excluding carboxylic acids is 1. The highest BCUT2D eigenvalue weighted by Gasteiger charge is 2.31. The van der Waals surface area contributed by atoms with E-state index in [0.717, 1.165) is 48.9 Å². The number of nitrogens with zero attached hydrogens (tertiary/aromatic N) is 1. The van der Waals surface area contributed by atoms with Gasteiger partial charge in [-0.15, -0.1) is 0 Å². The molecule has 1 aliphatic carbocycles. The number of pyridine rings is 1. The number of fused-ring (bicyclic) bond motifs is 1. The van der Waals surface area contributed by atoms with E-state index in [4.69, 9.17) is 4.74 Å². The Hall–Kier alpha value is -2.37. The van der Waals surface area contributed by atoms with Crippen LogP contribution in [0.1, 0.15) is 46.9 Å². The molecule has 0 spiro atoms. The molecule has 1 aromatic carbocycles. The van der Waals surface area contributed by atoms with Crippen LogP contribution in [0.15, 0.2) is 30.5 Å². The SMILES string of the molecule is CC(=O)c1ncc(Oc2cccc(C(F)(F)F)c2)c2c1CCCC2. The molecular weight excluding hydrogens is 319 g/mol. The molecule has 0 aliphatic heterocycles. The summed E-state index contributed by atoms with van der Waals surface area (Å²) in [5.41, 5.74) is 1.40. The molecule has 1 aliphatic rings.